The largest absolute Gasteiger partial charge is 0.481 e. The van der Waals surface area contributed by atoms with E-state index in [1.54, 1.807) is 24.1 Å². The third-order valence-electron chi connectivity index (χ3n) is 4.96. The topological polar surface area (TPSA) is 63.5 Å². The Morgan fingerprint density at radius 2 is 1.79 bits per heavy atom. The number of ether oxygens (including phenoxy) is 1. The molecule has 144 valence electrons. The molecule has 3 aromatic rings. The van der Waals surface area contributed by atoms with Crippen LogP contribution in [0.4, 0.5) is 0 Å². The summed E-state index contributed by atoms with van der Waals surface area (Å²) in [5, 5.41) is 4.64. The summed E-state index contributed by atoms with van der Waals surface area (Å²) < 4.78 is 6.91. The first kappa shape index (κ1) is 18.2. The number of pyridine rings is 1. The Bertz CT molecular complexity index is 945. The fraction of sp³-hybridized carbons (Fsp3) is 0.286. The molecule has 0 N–H and O–H groups in total. The number of rotatable bonds is 4. The van der Waals surface area contributed by atoms with E-state index in [0.29, 0.717) is 24.7 Å². The number of carbonyl (C=O) groups is 1. The molecule has 3 heterocycles. The van der Waals surface area contributed by atoms with E-state index in [4.69, 9.17) is 4.74 Å². The summed E-state index contributed by atoms with van der Waals surface area (Å²) in [5.41, 5.74) is 3.06. The van der Waals surface area contributed by atoms with Crippen molar-refractivity contribution in [3.8, 4) is 22.8 Å². The molecule has 7 heteroatoms. The van der Waals surface area contributed by atoms with Gasteiger partial charge in [-0.3, -0.25) is 4.79 Å². The molecule has 0 aliphatic carbocycles. The lowest BCUT2D eigenvalue weighted by molar-refractivity contribution is 0.0657. The van der Waals surface area contributed by atoms with Crippen molar-refractivity contribution in [3.05, 3.63) is 60.4 Å². The van der Waals surface area contributed by atoms with Gasteiger partial charge < -0.3 is 14.5 Å². The third-order valence-corrected chi connectivity index (χ3v) is 4.96. The quantitative estimate of drug-likeness (QED) is 0.698. The smallest absolute Gasteiger partial charge is 0.274 e. The maximum atomic E-state index is 13.0. The van der Waals surface area contributed by atoms with Gasteiger partial charge in [0, 0.05) is 37.8 Å². The number of methoxy groups -OCH3 is 1. The van der Waals surface area contributed by atoms with E-state index in [1.807, 2.05) is 47.4 Å². The Labute approximate surface area is 164 Å². The average Bonchev–Trinajstić information content (AvgIpc) is 3.20. The summed E-state index contributed by atoms with van der Waals surface area (Å²) in [4.78, 5) is 21.4. The summed E-state index contributed by atoms with van der Waals surface area (Å²) >= 11 is 0. The van der Waals surface area contributed by atoms with Gasteiger partial charge in [0.1, 0.15) is 0 Å². The summed E-state index contributed by atoms with van der Waals surface area (Å²) in [7, 11) is 3.65. The zero-order valence-corrected chi connectivity index (χ0v) is 16.1. The number of likely N-dealkylation sites (N-methyl/N-ethyl adjacent to an activating group) is 1. The number of aromatic nitrogens is 3. The Hall–Kier alpha value is -3.19. The summed E-state index contributed by atoms with van der Waals surface area (Å²) in [6, 6.07) is 15.5. The number of hydrogen-bond acceptors (Lipinski definition) is 5. The summed E-state index contributed by atoms with van der Waals surface area (Å²) in [6.07, 6.45) is 1.70. The van der Waals surface area contributed by atoms with E-state index in [-0.39, 0.29) is 5.91 Å². The maximum absolute atomic E-state index is 13.0. The van der Waals surface area contributed by atoms with E-state index in [2.05, 4.69) is 22.0 Å². The van der Waals surface area contributed by atoms with Crippen LogP contribution >= 0.6 is 0 Å². The van der Waals surface area contributed by atoms with Crippen molar-refractivity contribution in [1.82, 2.24) is 24.6 Å². The third kappa shape index (κ3) is 3.61. The molecule has 4 rings (SSSR count). The van der Waals surface area contributed by atoms with Crippen LogP contribution in [0.2, 0.25) is 0 Å². The molecule has 7 nitrogen and oxygen atoms in total. The maximum Gasteiger partial charge on any atom is 0.274 e. The molecule has 1 fully saturated rings. The number of nitrogens with zero attached hydrogens (tertiary/aromatic N) is 5. The van der Waals surface area contributed by atoms with E-state index in [9.17, 15) is 4.79 Å². The average molecular weight is 377 g/mol. The van der Waals surface area contributed by atoms with Crippen molar-refractivity contribution in [2.24, 2.45) is 0 Å². The highest BCUT2D eigenvalue weighted by Crippen LogP contribution is 2.25. The van der Waals surface area contributed by atoms with Gasteiger partial charge in [-0.15, -0.1) is 0 Å². The number of hydrogen-bond donors (Lipinski definition) is 0. The molecule has 0 spiro atoms. The SMILES string of the molecule is COc1ccc(-n2nc(C(=O)N3CCN(C)CC3)cc2-c2ccccc2)cn1. The van der Waals surface area contributed by atoms with E-state index >= 15 is 0 Å². The predicted octanol–water partition coefficient (Wildman–Crippen LogP) is 2.33. The van der Waals surface area contributed by atoms with Crippen LogP contribution in [-0.2, 0) is 0 Å². The minimum Gasteiger partial charge on any atom is -0.481 e. The fourth-order valence-electron chi connectivity index (χ4n) is 3.29. The Kier molecular flexibility index (Phi) is 5.08. The molecule has 1 saturated heterocycles. The molecule has 0 saturated carbocycles. The molecule has 2 aromatic heterocycles. The monoisotopic (exact) mass is 377 g/mol. The Morgan fingerprint density at radius 3 is 2.43 bits per heavy atom. The van der Waals surface area contributed by atoms with Gasteiger partial charge in [-0.05, 0) is 19.2 Å². The van der Waals surface area contributed by atoms with Crippen molar-refractivity contribution in [3.63, 3.8) is 0 Å². The van der Waals surface area contributed by atoms with Gasteiger partial charge in [0.25, 0.3) is 5.91 Å². The first-order valence-corrected chi connectivity index (χ1v) is 9.29. The van der Waals surface area contributed by atoms with Gasteiger partial charge in [0.05, 0.1) is 24.7 Å². The standard InChI is InChI=1S/C21H23N5O2/c1-24-10-12-25(13-11-24)21(27)18-14-19(16-6-4-3-5-7-16)26(23-18)17-8-9-20(28-2)22-15-17/h3-9,14-15H,10-13H2,1-2H3. The van der Waals surface area contributed by atoms with Crippen LogP contribution in [0.15, 0.2) is 54.7 Å². The van der Waals surface area contributed by atoms with Crippen LogP contribution in [0.1, 0.15) is 10.5 Å². The number of carbonyl (C=O) groups excluding carboxylic acids is 1. The molecule has 0 radical (unpaired) electrons. The Balaban J connectivity index is 1.72. The second-order valence-corrected chi connectivity index (χ2v) is 6.85. The second kappa shape index (κ2) is 7.82. The zero-order valence-electron chi connectivity index (χ0n) is 16.1. The number of piperazine rings is 1. The lowest BCUT2D eigenvalue weighted by atomic mass is 10.1. The van der Waals surface area contributed by atoms with Gasteiger partial charge in [0.2, 0.25) is 5.88 Å². The fourth-order valence-corrected chi connectivity index (χ4v) is 3.29. The molecule has 1 amide bonds. The molecule has 28 heavy (non-hydrogen) atoms. The van der Waals surface area contributed by atoms with Crippen LogP contribution in [-0.4, -0.2) is 70.8 Å². The van der Waals surface area contributed by atoms with Gasteiger partial charge in [0.15, 0.2) is 5.69 Å². The van der Waals surface area contributed by atoms with Crippen LogP contribution < -0.4 is 4.74 Å². The Morgan fingerprint density at radius 1 is 1.04 bits per heavy atom. The van der Waals surface area contributed by atoms with Gasteiger partial charge in [-0.25, -0.2) is 9.67 Å². The van der Waals surface area contributed by atoms with Crippen LogP contribution in [0.5, 0.6) is 5.88 Å². The first-order valence-electron chi connectivity index (χ1n) is 9.29. The van der Waals surface area contributed by atoms with E-state index in [1.165, 1.54) is 0 Å². The molecule has 0 bridgehead atoms. The lowest BCUT2D eigenvalue weighted by Gasteiger charge is -2.31. The molecule has 0 atom stereocenters. The van der Waals surface area contributed by atoms with Crippen molar-refractivity contribution < 1.29 is 9.53 Å². The highest BCUT2D eigenvalue weighted by molar-refractivity contribution is 5.93. The second-order valence-electron chi connectivity index (χ2n) is 6.85. The zero-order chi connectivity index (χ0) is 19.5. The van der Waals surface area contributed by atoms with Crippen LogP contribution in [0, 0.1) is 0 Å². The highest BCUT2D eigenvalue weighted by atomic mass is 16.5. The summed E-state index contributed by atoms with van der Waals surface area (Å²) in [5.74, 6) is 0.497. The predicted molar refractivity (Wildman–Crippen MR) is 107 cm³/mol. The molecule has 1 aliphatic rings. The highest BCUT2D eigenvalue weighted by Gasteiger charge is 2.24. The molecule has 0 unspecified atom stereocenters. The van der Waals surface area contributed by atoms with Crippen molar-refractivity contribution in [2.75, 3.05) is 40.3 Å². The normalized spacial score (nSPS) is 14.9. The molecular weight excluding hydrogens is 354 g/mol. The van der Waals surface area contributed by atoms with Crippen molar-refractivity contribution in [1.29, 1.82) is 0 Å². The number of amides is 1. The lowest BCUT2D eigenvalue weighted by Crippen LogP contribution is -2.47. The molecular formula is C21H23N5O2. The van der Waals surface area contributed by atoms with Gasteiger partial charge in [-0.2, -0.15) is 5.10 Å². The van der Waals surface area contributed by atoms with Gasteiger partial charge >= 0.3 is 0 Å². The minimum absolute atomic E-state index is 0.0366. The van der Waals surface area contributed by atoms with Crippen molar-refractivity contribution >= 4 is 5.91 Å². The minimum atomic E-state index is -0.0366. The first-order chi connectivity index (χ1) is 13.7. The number of benzene rings is 1. The molecule has 1 aliphatic heterocycles. The molecule has 1 aromatic carbocycles. The van der Waals surface area contributed by atoms with Gasteiger partial charge in [-0.1, -0.05) is 30.3 Å². The van der Waals surface area contributed by atoms with Crippen LogP contribution in [0.3, 0.4) is 0 Å². The van der Waals surface area contributed by atoms with E-state index < -0.39 is 0 Å². The van der Waals surface area contributed by atoms with Crippen LogP contribution in [0.25, 0.3) is 16.9 Å². The summed E-state index contributed by atoms with van der Waals surface area (Å²) in [6.45, 7) is 3.18. The van der Waals surface area contributed by atoms with E-state index in [0.717, 1.165) is 30.0 Å². The van der Waals surface area contributed by atoms with Crippen molar-refractivity contribution in [2.45, 2.75) is 0 Å².